The van der Waals surface area contributed by atoms with Crippen LogP contribution in [0.3, 0.4) is 0 Å². The van der Waals surface area contributed by atoms with Crippen LogP contribution in [0.1, 0.15) is 23.7 Å². The van der Waals surface area contributed by atoms with E-state index in [-0.39, 0.29) is 17.7 Å². The number of alkyl halides is 3. The zero-order chi connectivity index (χ0) is 17.8. The molecular weight excluding hydrogens is 383 g/mol. The van der Waals surface area contributed by atoms with Gasteiger partial charge in [-0.1, -0.05) is 6.92 Å². The number of hydrogen-bond acceptors (Lipinski definition) is 4. The number of carbonyl (C=O) groups excluding carboxylic acids is 2. The molecule has 1 aromatic carbocycles. The Bertz CT molecular complexity index is 604. The Hall–Kier alpha value is -1.77. The smallest absolute Gasteiger partial charge is 0.471 e. The van der Waals surface area contributed by atoms with Gasteiger partial charge in [-0.05, 0) is 34.5 Å². The van der Waals surface area contributed by atoms with E-state index in [0.29, 0.717) is 10.2 Å². The van der Waals surface area contributed by atoms with Crippen LogP contribution in [0.4, 0.5) is 13.2 Å². The quantitative estimate of drug-likeness (QED) is 0.749. The predicted molar refractivity (Wildman–Crippen MR) is 79.9 cm³/mol. The molecule has 0 fully saturated rings. The first-order valence-electron chi connectivity index (χ1n) is 6.49. The summed E-state index contributed by atoms with van der Waals surface area (Å²) in [6.45, 7) is 1.49. The van der Waals surface area contributed by atoms with E-state index in [2.05, 4.69) is 15.9 Å². The van der Waals surface area contributed by atoms with Crippen LogP contribution in [0.15, 0.2) is 16.6 Å². The first kappa shape index (κ1) is 19.3. The molecule has 23 heavy (non-hydrogen) atoms. The second kappa shape index (κ2) is 7.67. The van der Waals surface area contributed by atoms with Crippen LogP contribution in [-0.2, 0) is 4.79 Å². The summed E-state index contributed by atoms with van der Waals surface area (Å²) < 4.78 is 47.7. The Kier molecular flexibility index (Phi) is 6.43. The summed E-state index contributed by atoms with van der Waals surface area (Å²) >= 11 is 3.22. The van der Waals surface area contributed by atoms with Gasteiger partial charge in [-0.25, -0.2) is 0 Å². The van der Waals surface area contributed by atoms with Crippen molar-refractivity contribution in [3.05, 3.63) is 22.2 Å². The van der Waals surface area contributed by atoms with Gasteiger partial charge in [-0.2, -0.15) is 13.2 Å². The number of benzene rings is 1. The Morgan fingerprint density at radius 2 is 1.78 bits per heavy atom. The van der Waals surface area contributed by atoms with Crippen molar-refractivity contribution in [2.45, 2.75) is 25.6 Å². The van der Waals surface area contributed by atoms with Gasteiger partial charge >= 0.3 is 12.1 Å². The Morgan fingerprint density at radius 1 is 1.22 bits per heavy atom. The van der Waals surface area contributed by atoms with E-state index in [9.17, 15) is 22.8 Å². The Balaban J connectivity index is 3.17. The van der Waals surface area contributed by atoms with E-state index in [0.717, 1.165) is 0 Å². The molecule has 0 saturated heterocycles. The van der Waals surface area contributed by atoms with E-state index in [1.165, 1.54) is 33.3 Å². The summed E-state index contributed by atoms with van der Waals surface area (Å²) in [5, 5.41) is 1.69. The molecular formula is C14H15BrF3NO4. The second-order valence-corrected chi connectivity index (χ2v) is 5.34. The van der Waals surface area contributed by atoms with E-state index < -0.39 is 23.9 Å². The highest BCUT2D eigenvalue weighted by Crippen LogP contribution is 2.33. The summed E-state index contributed by atoms with van der Waals surface area (Å²) in [5.74, 6) is -2.40. The van der Waals surface area contributed by atoms with Gasteiger partial charge < -0.3 is 14.8 Å². The van der Waals surface area contributed by atoms with Crippen molar-refractivity contribution in [1.29, 1.82) is 0 Å². The maximum atomic E-state index is 12.5. The molecule has 0 bridgehead atoms. The molecule has 0 saturated carbocycles. The fourth-order valence-electron chi connectivity index (χ4n) is 1.83. The lowest BCUT2D eigenvalue weighted by atomic mass is 10.0. The van der Waals surface area contributed by atoms with E-state index in [1.807, 2.05) is 0 Å². The topological polar surface area (TPSA) is 64.6 Å². The zero-order valence-corrected chi connectivity index (χ0v) is 14.2. The number of halogens is 4. The third-order valence-corrected chi connectivity index (χ3v) is 3.65. The number of nitrogens with one attached hydrogen (secondary N) is 1. The Labute approximate surface area is 139 Å². The maximum absolute atomic E-state index is 12.5. The van der Waals surface area contributed by atoms with Gasteiger partial charge in [0.05, 0.1) is 30.3 Å². The van der Waals surface area contributed by atoms with Crippen molar-refractivity contribution in [1.82, 2.24) is 5.32 Å². The largest absolute Gasteiger partial charge is 0.496 e. The molecule has 1 amide bonds. The van der Waals surface area contributed by atoms with Crippen molar-refractivity contribution in [3.63, 3.8) is 0 Å². The molecule has 0 aliphatic rings. The van der Waals surface area contributed by atoms with Gasteiger partial charge in [-0.15, -0.1) is 0 Å². The second-order valence-electron chi connectivity index (χ2n) is 4.48. The van der Waals surface area contributed by atoms with Gasteiger partial charge in [0.15, 0.2) is 5.78 Å². The van der Waals surface area contributed by atoms with E-state index in [4.69, 9.17) is 9.47 Å². The van der Waals surface area contributed by atoms with Crippen LogP contribution in [0.25, 0.3) is 0 Å². The van der Waals surface area contributed by atoms with Gasteiger partial charge in [0.2, 0.25) is 0 Å². The highest BCUT2D eigenvalue weighted by Gasteiger charge is 2.40. The number of hydrogen-bond donors (Lipinski definition) is 1. The average Bonchev–Trinajstić information content (AvgIpc) is 2.50. The molecule has 0 unspecified atom stereocenters. The van der Waals surface area contributed by atoms with Crippen LogP contribution < -0.4 is 14.8 Å². The first-order chi connectivity index (χ1) is 10.6. The van der Waals surface area contributed by atoms with Crippen LogP contribution in [0.5, 0.6) is 11.5 Å². The third kappa shape index (κ3) is 4.60. The monoisotopic (exact) mass is 397 g/mol. The molecule has 1 aromatic rings. The molecule has 1 atom stereocenters. The number of methoxy groups -OCH3 is 2. The number of ether oxygens (including phenoxy) is 2. The highest BCUT2D eigenvalue weighted by atomic mass is 79.9. The molecule has 0 aliphatic carbocycles. The van der Waals surface area contributed by atoms with Crippen LogP contribution in [0.2, 0.25) is 0 Å². The van der Waals surface area contributed by atoms with Crippen LogP contribution in [-0.4, -0.2) is 38.1 Å². The van der Waals surface area contributed by atoms with Gasteiger partial charge in [0.25, 0.3) is 0 Å². The summed E-state index contributed by atoms with van der Waals surface area (Å²) in [6.07, 6.45) is -5.07. The van der Waals surface area contributed by atoms with Crippen LogP contribution >= 0.6 is 15.9 Å². The van der Waals surface area contributed by atoms with Crippen molar-refractivity contribution in [3.8, 4) is 11.5 Å². The van der Waals surface area contributed by atoms with Crippen molar-refractivity contribution >= 4 is 27.6 Å². The molecule has 0 aliphatic heterocycles. The highest BCUT2D eigenvalue weighted by molar-refractivity contribution is 9.10. The molecule has 0 spiro atoms. The van der Waals surface area contributed by atoms with Gasteiger partial charge in [0, 0.05) is 0 Å². The minimum atomic E-state index is -5.06. The molecule has 0 aromatic heterocycles. The van der Waals surface area contributed by atoms with E-state index in [1.54, 1.807) is 5.32 Å². The molecule has 1 rings (SSSR count). The number of rotatable bonds is 6. The zero-order valence-electron chi connectivity index (χ0n) is 12.6. The fraction of sp³-hybridized carbons (Fsp3) is 0.429. The van der Waals surface area contributed by atoms with Gasteiger partial charge in [0.1, 0.15) is 11.5 Å². The number of Topliss-reactive ketones (excluding diaryl/α,β-unsaturated/α-hetero) is 1. The summed E-state index contributed by atoms with van der Waals surface area (Å²) in [6, 6.07) is 1.47. The molecule has 0 radical (unpaired) electrons. The van der Waals surface area contributed by atoms with Crippen molar-refractivity contribution < 1.29 is 32.2 Å². The molecule has 128 valence electrons. The fourth-order valence-corrected chi connectivity index (χ4v) is 2.32. The lowest BCUT2D eigenvalue weighted by Gasteiger charge is -2.19. The standard InChI is InChI=1S/C14H15BrF3NO4/c1-4-9(19-13(21)14(16,17)18)12(20)7-5-11(23-3)8(15)6-10(7)22-2/h5-6,9H,4H2,1-3H3,(H,19,21)/t9-/m0/s1. The number of carbonyl (C=O) groups is 2. The predicted octanol–water partition coefficient (Wildman–Crippen LogP) is 3.11. The molecule has 9 heteroatoms. The van der Waals surface area contributed by atoms with E-state index >= 15 is 0 Å². The van der Waals surface area contributed by atoms with Crippen molar-refractivity contribution in [2.75, 3.05) is 14.2 Å². The molecule has 1 N–H and O–H groups in total. The normalized spacial score (nSPS) is 12.5. The average molecular weight is 398 g/mol. The summed E-state index contributed by atoms with van der Waals surface area (Å²) in [5.41, 5.74) is 0.0156. The third-order valence-electron chi connectivity index (χ3n) is 3.03. The summed E-state index contributed by atoms with van der Waals surface area (Å²) in [7, 11) is 2.70. The van der Waals surface area contributed by atoms with Crippen molar-refractivity contribution in [2.24, 2.45) is 0 Å². The maximum Gasteiger partial charge on any atom is 0.471 e. The van der Waals surface area contributed by atoms with Gasteiger partial charge in [-0.3, -0.25) is 9.59 Å². The first-order valence-corrected chi connectivity index (χ1v) is 7.28. The lowest BCUT2D eigenvalue weighted by Crippen LogP contribution is -2.46. The van der Waals surface area contributed by atoms with Crippen LogP contribution in [0, 0.1) is 0 Å². The molecule has 0 heterocycles. The molecule has 5 nitrogen and oxygen atoms in total. The number of ketones is 1. The Morgan fingerprint density at radius 3 is 2.22 bits per heavy atom. The minimum Gasteiger partial charge on any atom is -0.496 e. The SMILES string of the molecule is CC[C@H](NC(=O)C(F)(F)F)C(=O)c1cc(OC)c(Br)cc1OC. The lowest BCUT2D eigenvalue weighted by molar-refractivity contribution is -0.174. The summed E-state index contributed by atoms with van der Waals surface area (Å²) in [4.78, 5) is 23.5. The minimum absolute atomic E-state index is 0.0117. The number of amides is 1.